The van der Waals surface area contributed by atoms with Gasteiger partial charge in [0.05, 0.1) is 0 Å². The Kier molecular flexibility index (Phi) is 7.80. The molecule has 1 aliphatic heterocycles. The Bertz CT molecular complexity index is 962. The van der Waals surface area contributed by atoms with Crippen molar-refractivity contribution in [1.29, 1.82) is 0 Å². The van der Waals surface area contributed by atoms with E-state index in [1.54, 1.807) is 24.4 Å². The SMILES string of the molecule is CC(C)Oc1ccc2c(c1)C(=O)NC=CC=C[C](=[W])c1nccn1C(C)CCCO2. The minimum atomic E-state index is -0.230. The van der Waals surface area contributed by atoms with Gasteiger partial charge < -0.3 is 0 Å². The molecule has 7 heteroatoms. The van der Waals surface area contributed by atoms with Crippen molar-refractivity contribution in [3.63, 3.8) is 0 Å². The Morgan fingerprint density at radius 3 is 2.97 bits per heavy atom. The van der Waals surface area contributed by atoms with Gasteiger partial charge in [0.25, 0.3) is 0 Å². The zero-order chi connectivity index (χ0) is 21.5. The van der Waals surface area contributed by atoms with E-state index >= 15 is 0 Å². The van der Waals surface area contributed by atoms with Crippen LogP contribution >= 0.6 is 0 Å². The number of carbonyl (C=O) groups excluding carboxylic acids is 1. The van der Waals surface area contributed by atoms with Gasteiger partial charge in [-0.15, -0.1) is 0 Å². The zero-order valence-corrected chi connectivity index (χ0v) is 20.4. The number of nitrogens with one attached hydrogen (secondary N) is 1. The van der Waals surface area contributed by atoms with E-state index < -0.39 is 0 Å². The predicted octanol–water partition coefficient (Wildman–Crippen LogP) is 3.97. The molecule has 0 aliphatic carbocycles. The Balaban J connectivity index is 1.86. The first-order chi connectivity index (χ1) is 14.5. The first kappa shape index (κ1) is 22.2. The third-order valence-corrected chi connectivity index (χ3v) is 5.77. The molecule has 2 aromatic rings. The number of fused-ring (bicyclic) bond motifs is 2. The van der Waals surface area contributed by atoms with E-state index in [1.165, 1.54) is 19.4 Å². The van der Waals surface area contributed by atoms with Crippen LogP contribution in [0.15, 0.2) is 55.0 Å². The summed E-state index contributed by atoms with van der Waals surface area (Å²) in [4.78, 5) is 17.3. The molecule has 6 nitrogen and oxygen atoms in total. The van der Waals surface area contributed by atoms with Crippen molar-refractivity contribution in [3.8, 4) is 11.5 Å². The van der Waals surface area contributed by atoms with Gasteiger partial charge in [-0.2, -0.15) is 0 Å². The van der Waals surface area contributed by atoms with Crippen LogP contribution in [0.1, 0.15) is 55.8 Å². The molecule has 0 saturated carbocycles. The van der Waals surface area contributed by atoms with Crippen LogP contribution in [0.4, 0.5) is 0 Å². The number of allylic oxidation sites excluding steroid dienone is 3. The first-order valence-corrected chi connectivity index (χ1v) is 11.6. The number of ether oxygens (including phenoxy) is 2. The van der Waals surface area contributed by atoms with Crippen LogP contribution < -0.4 is 14.8 Å². The molecule has 0 radical (unpaired) electrons. The molecule has 0 fully saturated rings. The van der Waals surface area contributed by atoms with Crippen molar-refractivity contribution in [2.75, 3.05) is 6.61 Å². The van der Waals surface area contributed by atoms with Crippen LogP contribution in [0.5, 0.6) is 11.5 Å². The molecular weight excluding hydrogens is 550 g/mol. The van der Waals surface area contributed by atoms with Gasteiger partial charge >= 0.3 is 175 Å². The summed E-state index contributed by atoms with van der Waals surface area (Å²) >= 11 is 1.34. The number of hydrogen-bond acceptors (Lipinski definition) is 4. The molecule has 3 rings (SSSR count). The number of rotatable bonds is 2. The number of imidazole rings is 1. The second kappa shape index (κ2) is 10.5. The number of hydrogen-bond donors (Lipinski definition) is 1. The number of carbonyl (C=O) groups is 1. The molecular formula is C23H27N3O3W. The molecule has 1 N–H and O–H groups in total. The van der Waals surface area contributed by atoms with Gasteiger partial charge in [-0.05, 0) is 13.8 Å². The molecule has 158 valence electrons. The van der Waals surface area contributed by atoms with E-state index in [4.69, 9.17) is 9.47 Å². The third-order valence-electron chi connectivity index (χ3n) is 4.62. The van der Waals surface area contributed by atoms with Gasteiger partial charge in [0.2, 0.25) is 0 Å². The van der Waals surface area contributed by atoms with Crippen molar-refractivity contribution in [1.82, 2.24) is 14.9 Å². The maximum atomic E-state index is 12.7. The predicted molar refractivity (Wildman–Crippen MR) is 114 cm³/mol. The van der Waals surface area contributed by atoms with Gasteiger partial charge in [0.1, 0.15) is 0 Å². The van der Waals surface area contributed by atoms with Crippen LogP contribution in [-0.4, -0.2) is 32.1 Å². The van der Waals surface area contributed by atoms with E-state index in [2.05, 4.69) is 21.8 Å². The van der Waals surface area contributed by atoms with Gasteiger partial charge in [-0.1, -0.05) is 0 Å². The quantitative estimate of drug-likeness (QED) is 0.587. The summed E-state index contributed by atoms with van der Waals surface area (Å²) in [7, 11) is 0. The monoisotopic (exact) mass is 577 g/mol. The normalized spacial score (nSPS) is 17.8. The molecule has 1 amide bonds. The van der Waals surface area contributed by atoms with Crippen molar-refractivity contribution in [2.45, 2.75) is 45.8 Å². The van der Waals surface area contributed by atoms with E-state index in [9.17, 15) is 4.79 Å². The van der Waals surface area contributed by atoms with Gasteiger partial charge in [-0.25, -0.2) is 0 Å². The summed E-state index contributed by atoms with van der Waals surface area (Å²) in [6, 6.07) is 5.68. The van der Waals surface area contributed by atoms with Gasteiger partial charge in [0, 0.05) is 0 Å². The van der Waals surface area contributed by atoms with Crippen LogP contribution in [0, 0.1) is 0 Å². The van der Waals surface area contributed by atoms with Crippen LogP contribution in [0.2, 0.25) is 0 Å². The molecule has 1 aliphatic rings. The van der Waals surface area contributed by atoms with Crippen LogP contribution in [-0.2, 0) is 19.4 Å². The minimum absolute atomic E-state index is 0.0273. The van der Waals surface area contributed by atoms with Crippen molar-refractivity contribution in [3.05, 3.63) is 66.4 Å². The summed E-state index contributed by atoms with van der Waals surface area (Å²) in [5.74, 6) is 1.96. The Labute approximate surface area is 188 Å². The molecule has 30 heavy (non-hydrogen) atoms. The second-order valence-corrected chi connectivity index (χ2v) is 8.96. The Morgan fingerprint density at radius 1 is 1.33 bits per heavy atom. The van der Waals surface area contributed by atoms with E-state index in [0.717, 1.165) is 22.6 Å². The van der Waals surface area contributed by atoms with E-state index in [-0.39, 0.29) is 12.0 Å². The third kappa shape index (κ3) is 5.79. The van der Waals surface area contributed by atoms with Gasteiger partial charge in [-0.3, -0.25) is 0 Å². The first-order valence-electron chi connectivity index (χ1n) is 10.1. The number of amides is 1. The van der Waals surface area contributed by atoms with Gasteiger partial charge in [0.15, 0.2) is 0 Å². The van der Waals surface area contributed by atoms with Crippen molar-refractivity contribution >= 4 is 9.81 Å². The van der Waals surface area contributed by atoms with E-state index in [1.807, 2.05) is 44.5 Å². The molecule has 0 bridgehead atoms. The summed E-state index contributed by atoms with van der Waals surface area (Å²) in [6.07, 6.45) is 13.1. The molecule has 1 aromatic carbocycles. The second-order valence-electron chi connectivity index (χ2n) is 7.38. The topological polar surface area (TPSA) is 65.4 Å². The van der Waals surface area contributed by atoms with Crippen molar-refractivity contribution < 1.29 is 33.6 Å². The van der Waals surface area contributed by atoms with Crippen LogP contribution in [0.3, 0.4) is 0 Å². The standard InChI is InChI=1S/C23H27N3O3.W/c1-17(2)29-19-10-11-21-20(16-19)23(27)25-12-6-4-5-9-22-24-13-14-26(22)18(3)8-7-15-28-21;/h4-6,10-14,16-18H,7-8,15H2,1-3H3,(H,25,27);. The molecule has 1 atom stereocenters. The summed E-state index contributed by atoms with van der Waals surface area (Å²) in [5.41, 5.74) is 0.464. The Morgan fingerprint density at radius 2 is 2.17 bits per heavy atom. The molecule has 0 saturated heterocycles. The number of nitrogens with zero attached hydrogens (tertiary/aromatic N) is 2. The number of benzene rings is 1. The summed E-state index contributed by atoms with van der Waals surface area (Å²) in [6.45, 7) is 6.63. The fourth-order valence-electron chi connectivity index (χ4n) is 3.19. The summed E-state index contributed by atoms with van der Waals surface area (Å²) < 4.78 is 15.1. The van der Waals surface area contributed by atoms with Crippen LogP contribution in [0.25, 0.3) is 0 Å². The molecule has 2 heterocycles. The average molecular weight is 577 g/mol. The molecule has 1 aromatic heterocycles. The summed E-state index contributed by atoms with van der Waals surface area (Å²) in [5, 5.41) is 2.81. The fourth-order valence-corrected chi connectivity index (χ4v) is 4.04. The number of aromatic nitrogens is 2. The maximum absolute atomic E-state index is 12.7. The molecule has 1 unspecified atom stereocenters. The molecule has 0 spiro atoms. The fraction of sp³-hybridized carbons (Fsp3) is 0.348. The van der Waals surface area contributed by atoms with E-state index in [0.29, 0.717) is 29.7 Å². The zero-order valence-electron chi connectivity index (χ0n) is 17.5. The average Bonchev–Trinajstić information content (AvgIpc) is 3.20. The Hall–Kier alpha value is -2.46. The van der Waals surface area contributed by atoms with Crippen molar-refractivity contribution in [2.24, 2.45) is 0 Å².